The highest BCUT2D eigenvalue weighted by molar-refractivity contribution is 6.10. The fourth-order valence-corrected chi connectivity index (χ4v) is 3.47. The van der Waals surface area contributed by atoms with Crippen molar-refractivity contribution in [3.63, 3.8) is 0 Å². The first kappa shape index (κ1) is 20.4. The van der Waals surface area contributed by atoms with Crippen LogP contribution in [0.2, 0.25) is 0 Å². The molecule has 4 nitrogen and oxygen atoms in total. The average molecular weight is 423 g/mol. The van der Waals surface area contributed by atoms with Crippen molar-refractivity contribution in [2.75, 3.05) is 7.11 Å². The number of hydrogen-bond acceptors (Lipinski definition) is 3. The van der Waals surface area contributed by atoms with Crippen LogP contribution in [0.15, 0.2) is 71.7 Å². The van der Waals surface area contributed by atoms with Crippen molar-refractivity contribution in [1.82, 2.24) is 4.57 Å². The summed E-state index contributed by atoms with van der Waals surface area (Å²) >= 11 is 0. The summed E-state index contributed by atoms with van der Waals surface area (Å²) in [7, 11) is 1.48. The van der Waals surface area contributed by atoms with E-state index in [1.54, 1.807) is 18.2 Å². The highest BCUT2D eigenvalue weighted by atomic mass is 19.1. The third-order valence-corrected chi connectivity index (χ3v) is 4.93. The average Bonchev–Trinajstić information content (AvgIpc) is 2.75. The summed E-state index contributed by atoms with van der Waals surface area (Å²) in [6, 6.07) is 13.3. The molecule has 0 aliphatic carbocycles. The van der Waals surface area contributed by atoms with E-state index in [2.05, 4.69) is 0 Å². The van der Waals surface area contributed by atoms with E-state index in [0.29, 0.717) is 17.4 Å². The van der Waals surface area contributed by atoms with Gasteiger partial charge in [0.1, 0.15) is 17.4 Å². The zero-order valence-electron chi connectivity index (χ0n) is 16.4. The Labute approximate surface area is 175 Å². The molecule has 0 fully saturated rings. The van der Waals surface area contributed by atoms with E-state index in [9.17, 15) is 22.8 Å². The quantitative estimate of drug-likeness (QED) is 0.437. The lowest BCUT2D eigenvalue weighted by molar-refractivity contribution is 0.103. The van der Waals surface area contributed by atoms with E-state index in [1.165, 1.54) is 48.2 Å². The molecule has 0 amide bonds. The summed E-state index contributed by atoms with van der Waals surface area (Å²) in [5.74, 6) is -2.45. The number of ether oxygens (including phenoxy) is 1. The van der Waals surface area contributed by atoms with Gasteiger partial charge in [0.05, 0.1) is 23.6 Å². The third-order valence-electron chi connectivity index (χ3n) is 4.93. The van der Waals surface area contributed by atoms with E-state index < -0.39 is 28.7 Å². The maximum Gasteiger partial charge on any atom is 0.200 e. The van der Waals surface area contributed by atoms with Crippen LogP contribution in [0, 0.1) is 17.5 Å². The minimum Gasteiger partial charge on any atom is -0.497 e. The van der Waals surface area contributed by atoms with Gasteiger partial charge in [0.15, 0.2) is 11.6 Å². The molecule has 7 heteroatoms. The van der Waals surface area contributed by atoms with Gasteiger partial charge in [-0.05, 0) is 48.0 Å². The first-order valence-corrected chi connectivity index (χ1v) is 9.33. The van der Waals surface area contributed by atoms with E-state index in [1.807, 2.05) is 0 Å². The monoisotopic (exact) mass is 423 g/mol. The van der Waals surface area contributed by atoms with Gasteiger partial charge in [-0.1, -0.05) is 12.1 Å². The fourth-order valence-electron chi connectivity index (χ4n) is 3.47. The van der Waals surface area contributed by atoms with Gasteiger partial charge >= 0.3 is 0 Å². The normalized spacial score (nSPS) is 11.0. The van der Waals surface area contributed by atoms with Crippen LogP contribution in [0.5, 0.6) is 5.75 Å². The third kappa shape index (κ3) is 3.94. The van der Waals surface area contributed by atoms with E-state index >= 15 is 0 Å². The molecule has 0 atom stereocenters. The molecule has 0 unspecified atom stereocenters. The van der Waals surface area contributed by atoms with Crippen molar-refractivity contribution in [2.45, 2.75) is 6.54 Å². The lowest BCUT2D eigenvalue weighted by Gasteiger charge is -2.14. The number of hydrogen-bond donors (Lipinski definition) is 0. The lowest BCUT2D eigenvalue weighted by atomic mass is 10.0. The van der Waals surface area contributed by atoms with Crippen LogP contribution in [0.3, 0.4) is 0 Å². The Bertz CT molecular complexity index is 1360. The first-order chi connectivity index (χ1) is 14.9. The van der Waals surface area contributed by atoms with Crippen LogP contribution in [0.1, 0.15) is 21.5 Å². The summed E-state index contributed by atoms with van der Waals surface area (Å²) in [6.45, 7) is -0.0278. The highest BCUT2D eigenvalue weighted by Gasteiger charge is 2.20. The Morgan fingerprint density at radius 1 is 0.968 bits per heavy atom. The number of carbonyl (C=O) groups excluding carboxylic acids is 1. The molecular formula is C24H16F3NO3. The summed E-state index contributed by atoms with van der Waals surface area (Å²) < 4.78 is 48.5. The number of halogens is 3. The number of rotatable bonds is 5. The minimum atomic E-state index is -0.952. The molecule has 31 heavy (non-hydrogen) atoms. The molecule has 0 radical (unpaired) electrons. The number of ketones is 1. The van der Waals surface area contributed by atoms with Gasteiger partial charge in [0, 0.05) is 24.4 Å². The second-order valence-electron chi connectivity index (χ2n) is 6.97. The van der Waals surface area contributed by atoms with Crippen LogP contribution < -0.4 is 10.2 Å². The molecule has 156 valence electrons. The number of carbonyl (C=O) groups is 1. The number of methoxy groups -OCH3 is 1. The predicted octanol–water partition coefficient (Wildman–Crippen LogP) is 4.71. The van der Waals surface area contributed by atoms with Crippen molar-refractivity contribution in [3.05, 3.63) is 111 Å². The van der Waals surface area contributed by atoms with E-state index in [0.717, 1.165) is 6.07 Å². The Morgan fingerprint density at radius 2 is 1.71 bits per heavy atom. The van der Waals surface area contributed by atoms with Crippen molar-refractivity contribution in [2.24, 2.45) is 0 Å². The van der Waals surface area contributed by atoms with E-state index in [4.69, 9.17) is 4.74 Å². The standard InChI is InChI=1S/C24H16F3NO3/c1-31-18-7-5-15(6-8-18)23(29)20-13-28(12-14-3-2-4-16(25)9-14)22-19(24(20)30)10-17(26)11-21(22)27/h2-11,13H,12H2,1H3. The molecule has 3 aromatic carbocycles. The van der Waals surface area contributed by atoms with Crippen molar-refractivity contribution < 1.29 is 22.7 Å². The summed E-state index contributed by atoms with van der Waals surface area (Å²) in [4.78, 5) is 26.0. The molecule has 0 aliphatic rings. The molecule has 0 saturated heterocycles. The largest absolute Gasteiger partial charge is 0.497 e. The van der Waals surface area contributed by atoms with Gasteiger partial charge in [-0.15, -0.1) is 0 Å². The summed E-state index contributed by atoms with van der Waals surface area (Å²) in [6.07, 6.45) is 1.23. The second kappa shape index (κ2) is 8.10. The van der Waals surface area contributed by atoms with Gasteiger partial charge in [-0.3, -0.25) is 9.59 Å². The Morgan fingerprint density at radius 3 is 2.39 bits per heavy atom. The van der Waals surface area contributed by atoms with Gasteiger partial charge in [-0.2, -0.15) is 0 Å². The van der Waals surface area contributed by atoms with Gasteiger partial charge < -0.3 is 9.30 Å². The van der Waals surface area contributed by atoms with Crippen LogP contribution in [-0.2, 0) is 6.54 Å². The zero-order chi connectivity index (χ0) is 22.1. The summed E-state index contributed by atoms with van der Waals surface area (Å²) in [5.41, 5.74) is -0.506. The number of nitrogens with zero attached hydrogens (tertiary/aromatic N) is 1. The Balaban J connectivity index is 1.92. The van der Waals surface area contributed by atoms with Crippen molar-refractivity contribution in [1.29, 1.82) is 0 Å². The van der Waals surface area contributed by atoms with Crippen LogP contribution in [0.4, 0.5) is 13.2 Å². The molecule has 4 aromatic rings. The van der Waals surface area contributed by atoms with Crippen LogP contribution in [0.25, 0.3) is 10.9 Å². The lowest BCUT2D eigenvalue weighted by Crippen LogP contribution is -2.21. The maximum absolute atomic E-state index is 14.6. The minimum absolute atomic E-state index is 0.0278. The highest BCUT2D eigenvalue weighted by Crippen LogP contribution is 2.21. The molecule has 0 bridgehead atoms. The number of fused-ring (bicyclic) bond motifs is 1. The molecule has 0 spiro atoms. The number of pyridine rings is 1. The number of benzene rings is 3. The Kier molecular flexibility index (Phi) is 5.33. The first-order valence-electron chi connectivity index (χ1n) is 9.33. The SMILES string of the molecule is COc1ccc(C(=O)c2cn(Cc3cccc(F)c3)c3c(F)cc(F)cc3c2=O)cc1. The fraction of sp³-hybridized carbons (Fsp3) is 0.0833. The predicted molar refractivity (Wildman–Crippen MR) is 110 cm³/mol. The molecular weight excluding hydrogens is 407 g/mol. The molecule has 0 aliphatic heterocycles. The second-order valence-corrected chi connectivity index (χ2v) is 6.97. The van der Waals surface area contributed by atoms with Crippen LogP contribution >= 0.6 is 0 Å². The number of aromatic nitrogens is 1. The molecule has 4 rings (SSSR count). The van der Waals surface area contributed by atoms with Crippen LogP contribution in [-0.4, -0.2) is 17.5 Å². The smallest absolute Gasteiger partial charge is 0.200 e. The zero-order valence-corrected chi connectivity index (χ0v) is 16.4. The van der Waals surface area contributed by atoms with Crippen molar-refractivity contribution >= 4 is 16.7 Å². The maximum atomic E-state index is 14.6. The van der Waals surface area contributed by atoms with E-state index in [-0.39, 0.29) is 28.6 Å². The molecule has 0 N–H and O–H groups in total. The van der Waals surface area contributed by atoms with Gasteiger partial charge in [0.25, 0.3) is 0 Å². The Hall–Kier alpha value is -3.87. The van der Waals surface area contributed by atoms with Gasteiger partial charge in [-0.25, -0.2) is 13.2 Å². The van der Waals surface area contributed by atoms with Gasteiger partial charge in [0.2, 0.25) is 5.43 Å². The van der Waals surface area contributed by atoms with Crippen molar-refractivity contribution in [3.8, 4) is 5.75 Å². The summed E-state index contributed by atoms with van der Waals surface area (Å²) in [5, 5.41) is -0.270. The molecule has 1 heterocycles. The molecule has 1 aromatic heterocycles. The topological polar surface area (TPSA) is 48.3 Å². The molecule has 0 saturated carbocycles.